The van der Waals surface area contributed by atoms with Crippen LogP contribution in [0.25, 0.3) is 17.3 Å². The van der Waals surface area contributed by atoms with Crippen molar-refractivity contribution in [3.63, 3.8) is 0 Å². The number of nitrogens with one attached hydrogen (secondary N) is 1. The Hall–Kier alpha value is -4.93. The second kappa shape index (κ2) is 10.2. The molecular formula is C27H18F4N4O3. The highest BCUT2D eigenvalue weighted by molar-refractivity contribution is 6.04. The van der Waals surface area contributed by atoms with Crippen LogP contribution in [0.4, 0.5) is 23.2 Å². The molecule has 0 atom stereocenters. The van der Waals surface area contributed by atoms with Gasteiger partial charge in [-0.25, -0.2) is 9.07 Å². The molecule has 0 saturated carbocycles. The van der Waals surface area contributed by atoms with Crippen molar-refractivity contribution in [3.8, 4) is 23.3 Å². The Bertz CT molecular complexity index is 1530. The first-order chi connectivity index (χ1) is 18.3. The van der Waals surface area contributed by atoms with Gasteiger partial charge in [-0.05, 0) is 78.4 Å². The van der Waals surface area contributed by atoms with E-state index >= 15 is 0 Å². The number of amides is 1. The van der Waals surface area contributed by atoms with Crippen LogP contribution in [0.5, 0.6) is 6.01 Å². The van der Waals surface area contributed by atoms with Gasteiger partial charge in [0.15, 0.2) is 5.76 Å². The number of carbonyl (C=O) groups is 1. The lowest BCUT2D eigenvalue weighted by atomic mass is 10.1. The summed E-state index contributed by atoms with van der Waals surface area (Å²) in [6.45, 7) is 0.122. The minimum Gasteiger partial charge on any atom is -0.461 e. The summed E-state index contributed by atoms with van der Waals surface area (Å²) in [5.41, 5.74) is 0.982. The predicted molar refractivity (Wildman–Crippen MR) is 129 cm³/mol. The Morgan fingerprint density at radius 3 is 2.29 bits per heavy atom. The number of nitrogens with zero attached hydrogens (tertiary/aromatic N) is 3. The first-order valence-electron chi connectivity index (χ1n) is 11.2. The van der Waals surface area contributed by atoms with Crippen molar-refractivity contribution in [3.05, 3.63) is 114 Å². The number of carbonyl (C=O) groups excluding carboxylic acids is 1. The van der Waals surface area contributed by atoms with E-state index in [9.17, 15) is 22.4 Å². The highest BCUT2D eigenvalue weighted by atomic mass is 19.4. The van der Waals surface area contributed by atoms with Crippen molar-refractivity contribution >= 4 is 11.6 Å². The van der Waals surface area contributed by atoms with E-state index in [1.165, 1.54) is 23.1 Å². The Morgan fingerprint density at radius 2 is 1.66 bits per heavy atom. The van der Waals surface area contributed by atoms with Crippen LogP contribution in [0.1, 0.15) is 21.5 Å². The number of aromatic nitrogens is 3. The Kier molecular flexibility index (Phi) is 6.65. The van der Waals surface area contributed by atoms with Gasteiger partial charge in [-0.1, -0.05) is 12.1 Å². The van der Waals surface area contributed by atoms with E-state index in [1.807, 2.05) is 0 Å². The molecule has 5 rings (SSSR count). The van der Waals surface area contributed by atoms with E-state index in [0.29, 0.717) is 23.0 Å². The molecule has 0 saturated heterocycles. The number of hydrogen-bond acceptors (Lipinski definition) is 5. The first-order valence-corrected chi connectivity index (χ1v) is 11.2. The molecule has 192 valence electrons. The van der Waals surface area contributed by atoms with Crippen LogP contribution in [0.15, 0.2) is 95.6 Å². The lowest BCUT2D eigenvalue weighted by Crippen LogP contribution is -2.13. The number of rotatable bonds is 7. The molecule has 3 aromatic carbocycles. The molecule has 0 radical (unpaired) electrons. The number of anilines is 1. The van der Waals surface area contributed by atoms with Gasteiger partial charge in [-0.15, -0.1) is 5.10 Å². The van der Waals surface area contributed by atoms with Crippen molar-refractivity contribution < 1.29 is 31.5 Å². The monoisotopic (exact) mass is 522 g/mol. The molecule has 0 fully saturated rings. The minimum absolute atomic E-state index is 0.0698. The van der Waals surface area contributed by atoms with Crippen LogP contribution in [-0.2, 0) is 12.8 Å². The van der Waals surface area contributed by atoms with Crippen molar-refractivity contribution in [2.24, 2.45) is 0 Å². The second-order valence-corrected chi connectivity index (χ2v) is 8.10. The van der Waals surface area contributed by atoms with E-state index in [1.54, 1.807) is 48.5 Å². The van der Waals surface area contributed by atoms with Gasteiger partial charge in [0.1, 0.15) is 12.4 Å². The normalized spacial score (nSPS) is 11.4. The zero-order valence-corrected chi connectivity index (χ0v) is 19.4. The van der Waals surface area contributed by atoms with Crippen LogP contribution >= 0.6 is 0 Å². The third-order valence-electron chi connectivity index (χ3n) is 5.45. The number of hydrogen-bond donors (Lipinski definition) is 1. The summed E-state index contributed by atoms with van der Waals surface area (Å²) in [7, 11) is 0. The van der Waals surface area contributed by atoms with Crippen LogP contribution in [0.2, 0.25) is 0 Å². The second-order valence-electron chi connectivity index (χ2n) is 8.10. The Morgan fingerprint density at radius 1 is 0.947 bits per heavy atom. The number of alkyl halides is 3. The van der Waals surface area contributed by atoms with Crippen LogP contribution in [-0.4, -0.2) is 20.7 Å². The van der Waals surface area contributed by atoms with Crippen molar-refractivity contribution in [2.45, 2.75) is 12.8 Å². The molecule has 0 bridgehead atoms. The zero-order chi connectivity index (χ0) is 26.7. The number of furan rings is 1. The fraction of sp³-hybridized carbons (Fsp3) is 0.0741. The van der Waals surface area contributed by atoms with Crippen molar-refractivity contribution in [2.75, 3.05) is 5.32 Å². The third kappa shape index (κ3) is 5.56. The van der Waals surface area contributed by atoms with E-state index in [0.717, 1.165) is 29.8 Å². The highest BCUT2D eigenvalue weighted by Crippen LogP contribution is 2.29. The molecule has 0 spiro atoms. The molecule has 2 aromatic heterocycles. The van der Waals surface area contributed by atoms with Crippen molar-refractivity contribution in [1.29, 1.82) is 0 Å². The van der Waals surface area contributed by atoms with Crippen LogP contribution in [0, 0.1) is 5.82 Å². The summed E-state index contributed by atoms with van der Waals surface area (Å²) in [4.78, 5) is 16.9. The fourth-order valence-corrected chi connectivity index (χ4v) is 3.53. The van der Waals surface area contributed by atoms with E-state index in [-0.39, 0.29) is 24.0 Å². The number of halogens is 4. The van der Waals surface area contributed by atoms with Gasteiger partial charge in [-0.3, -0.25) is 4.79 Å². The molecule has 0 aliphatic heterocycles. The number of benzene rings is 3. The maximum absolute atomic E-state index is 13.1. The largest absolute Gasteiger partial charge is 0.461 e. The fourth-order valence-electron chi connectivity index (χ4n) is 3.53. The van der Waals surface area contributed by atoms with Crippen LogP contribution in [0.3, 0.4) is 0 Å². The van der Waals surface area contributed by atoms with E-state index in [4.69, 9.17) is 9.15 Å². The summed E-state index contributed by atoms with van der Waals surface area (Å²) < 4.78 is 64.1. The van der Waals surface area contributed by atoms with Gasteiger partial charge >= 0.3 is 12.2 Å². The maximum Gasteiger partial charge on any atom is 0.416 e. The summed E-state index contributed by atoms with van der Waals surface area (Å²) in [5.74, 6) is -0.102. The van der Waals surface area contributed by atoms with Gasteiger partial charge in [0, 0.05) is 11.3 Å². The molecular weight excluding hydrogens is 504 g/mol. The van der Waals surface area contributed by atoms with Gasteiger partial charge in [0.2, 0.25) is 5.82 Å². The molecule has 5 aromatic rings. The van der Waals surface area contributed by atoms with Crippen LogP contribution < -0.4 is 10.1 Å². The first kappa shape index (κ1) is 24.8. The van der Waals surface area contributed by atoms with E-state index < -0.39 is 17.6 Å². The lowest BCUT2D eigenvalue weighted by molar-refractivity contribution is -0.137. The topological polar surface area (TPSA) is 82.2 Å². The molecule has 1 amide bonds. The van der Waals surface area contributed by atoms with Gasteiger partial charge in [0.05, 0.1) is 17.5 Å². The lowest BCUT2D eigenvalue weighted by Gasteiger charge is -2.09. The quantitative estimate of drug-likeness (QED) is 0.246. The molecule has 0 aliphatic rings. The zero-order valence-electron chi connectivity index (χ0n) is 19.4. The third-order valence-corrected chi connectivity index (χ3v) is 5.45. The Labute approximate surface area is 213 Å². The summed E-state index contributed by atoms with van der Waals surface area (Å²) in [5, 5.41) is 7.05. The smallest absolute Gasteiger partial charge is 0.416 e. The average Bonchev–Trinajstić information content (AvgIpc) is 3.59. The predicted octanol–water partition coefficient (Wildman–Crippen LogP) is 6.52. The SMILES string of the molecule is O=C(Nc1ccc(-n2nc(OCc3ccc(F)cc3)nc2-c2ccco2)cc1)c1ccc(C(F)(F)F)cc1. The van der Waals surface area contributed by atoms with Crippen molar-refractivity contribution in [1.82, 2.24) is 14.8 Å². The average molecular weight is 522 g/mol. The molecule has 0 aliphatic carbocycles. The molecule has 1 N–H and O–H groups in total. The summed E-state index contributed by atoms with van der Waals surface area (Å²) in [6, 6.07) is 19.9. The minimum atomic E-state index is -4.48. The van der Waals surface area contributed by atoms with E-state index in [2.05, 4.69) is 15.4 Å². The molecule has 7 nitrogen and oxygen atoms in total. The molecule has 38 heavy (non-hydrogen) atoms. The summed E-state index contributed by atoms with van der Waals surface area (Å²) in [6.07, 6.45) is -2.99. The highest BCUT2D eigenvalue weighted by Gasteiger charge is 2.30. The standard InChI is InChI=1S/C27H18F4N4O3/c28-20-9-3-17(4-10-20)16-38-26-33-24(23-2-1-15-37-23)35(34-26)22-13-11-21(12-14-22)32-25(36)18-5-7-19(8-6-18)27(29,30)31/h1-15H,16H2,(H,32,36). The molecule has 2 heterocycles. The Balaban J connectivity index is 1.33. The maximum atomic E-state index is 13.1. The molecule has 0 unspecified atom stereocenters. The van der Waals surface area contributed by atoms with Gasteiger partial charge in [-0.2, -0.15) is 18.2 Å². The number of ether oxygens (including phenoxy) is 1. The summed E-state index contributed by atoms with van der Waals surface area (Å²) >= 11 is 0. The van der Waals surface area contributed by atoms with Gasteiger partial charge in [0.25, 0.3) is 5.91 Å². The molecule has 11 heteroatoms. The van der Waals surface area contributed by atoms with Gasteiger partial charge < -0.3 is 14.5 Å².